The van der Waals surface area contributed by atoms with E-state index >= 15 is 0 Å². The van der Waals surface area contributed by atoms with Gasteiger partial charge in [0.05, 0.1) is 24.3 Å². The molecule has 3 aromatic heterocycles. The zero-order valence-electron chi connectivity index (χ0n) is 19.2. The van der Waals surface area contributed by atoms with Crippen molar-refractivity contribution in [3.63, 3.8) is 0 Å². The fraction of sp³-hybridized carbons (Fsp3) is 0.304. The monoisotopic (exact) mass is 528 g/mol. The van der Waals surface area contributed by atoms with Crippen LogP contribution in [0.25, 0.3) is 28.5 Å². The molecule has 0 saturated heterocycles. The standard InChI is InChI=1S/C23H18F6N4O4/c1-3-35-19(34)10-15-11-33-7-6-13(9-18(33)30-15)20-31-21(37-32-20)14-4-5-17(16(8-14)23(27,28)29)36-12(2)22(24,25)26/h4-9,11-12H,3,10H2,1-2H3. The van der Waals surface area contributed by atoms with Crippen molar-refractivity contribution in [2.75, 3.05) is 6.61 Å². The summed E-state index contributed by atoms with van der Waals surface area (Å²) >= 11 is 0. The Kier molecular flexibility index (Phi) is 6.84. The highest BCUT2D eigenvalue weighted by molar-refractivity contribution is 5.72. The van der Waals surface area contributed by atoms with Crippen molar-refractivity contribution in [3.05, 3.63) is 54.0 Å². The predicted molar refractivity (Wildman–Crippen MR) is 115 cm³/mol. The topological polar surface area (TPSA) is 91.8 Å². The molecule has 37 heavy (non-hydrogen) atoms. The fourth-order valence-corrected chi connectivity index (χ4v) is 3.32. The number of ether oxygens (including phenoxy) is 2. The average Bonchev–Trinajstić information content (AvgIpc) is 3.44. The normalized spacial score (nSPS) is 13.1. The van der Waals surface area contributed by atoms with Gasteiger partial charge in [-0.2, -0.15) is 31.3 Å². The number of halogens is 6. The quantitative estimate of drug-likeness (QED) is 0.231. The molecule has 0 amide bonds. The van der Waals surface area contributed by atoms with E-state index in [0.29, 0.717) is 29.9 Å². The van der Waals surface area contributed by atoms with Crippen molar-refractivity contribution in [2.45, 2.75) is 38.7 Å². The molecule has 0 radical (unpaired) electrons. The van der Waals surface area contributed by atoms with Crippen molar-refractivity contribution in [1.29, 1.82) is 0 Å². The number of hydrogen-bond acceptors (Lipinski definition) is 7. The Morgan fingerprint density at radius 2 is 1.84 bits per heavy atom. The van der Waals surface area contributed by atoms with Crippen molar-refractivity contribution in [2.24, 2.45) is 0 Å². The van der Waals surface area contributed by atoms with E-state index in [4.69, 9.17) is 9.26 Å². The highest BCUT2D eigenvalue weighted by Crippen LogP contribution is 2.40. The molecule has 1 atom stereocenters. The number of benzene rings is 1. The molecule has 3 heterocycles. The average molecular weight is 528 g/mol. The second-order valence-corrected chi connectivity index (χ2v) is 7.83. The molecule has 0 N–H and O–H groups in total. The van der Waals surface area contributed by atoms with Gasteiger partial charge in [-0.3, -0.25) is 4.79 Å². The van der Waals surface area contributed by atoms with Gasteiger partial charge in [-0.15, -0.1) is 0 Å². The summed E-state index contributed by atoms with van der Waals surface area (Å²) in [4.78, 5) is 20.1. The summed E-state index contributed by atoms with van der Waals surface area (Å²) in [6, 6.07) is 5.62. The highest BCUT2D eigenvalue weighted by Gasteiger charge is 2.41. The number of carbonyl (C=O) groups excluding carboxylic acids is 1. The molecule has 0 fully saturated rings. The molecular formula is C23H18F6N4O4. The molecule has 1 unspecified atom stereocenters. The third-order valence-electron chi connectivity index (χ3n) is 5.12. The van der Waals surface area contributed by atoms with Crippen molar-refractivity contribution < 1.29 is 45.1 Å². The highest BCUT2D eigenvalue weighted by atomic mass is 19.4. The summed E-state index contributed by atoms with van der Waals surface area (Å²) in [6.07, 6.45) is -9.08. The summed E-state index contributed by atoms with van der Waals surface area (Å²) in [5.41, 5.74) is -0.259. The first-order valence-corrected chi connectivity index (χ1v) is 10.8. The van der Waals surface area contributed by atoms with Crippen molar-refractivity contribution >= 4 is 11.6 Å². The van der Waals surface area contributed by atoms with Crippen LogP contribution in [0.4, 0.5) is 26.3 Å². The molecule has 0 aliphatic rings. The minimum absolute atomic E-state index is 0.0276. The third kappa shape index (κ3) is 5.84. The Morgan fingerprint density at radius 3 is 2.51 bits per heavy atom. The number of hydrogen-bond donors (Lipinski definition) is 0. The van der Waals surface area contributed by atoms with Gasteiger partial charge in [0.1, 0.15) is 11.4 Å². The zero-order valence-corrected chi connectivity index (χ0v) is 19.2. The first kappa shape index (κ1) is 26.0. The van der Waals surface area contributed by atoms with Gasteiger partial charge in [-0.05, 0) is 44.2 Å². The number of fused-ring (bicyclic) bond motifs is 1. The maximum Gasteiger partial charge on any atom is 0.425 e. The van der Waals surface area contributed by atoms with Gasteiger partial charge in [0.2, 0.25) is 5.82 Å². The molecule has 4 aromatic rings. The molecule has 1 aromatic carbocycles. The fourth-order valence-electron chi connectivity index (χ4n) is 3.32. The lowest BCUT2D eigenvalue weighted by molar-refractivity contribution is -0.191. The lowest BCUT2D eigenvalue weighted by Gasteiger charge is -2.20. The lowest BCUT2D eigenvalue weighted by Crippen LogP contribution is -2.31. The van der Waals surface area contributed by atoms with Gasteiger partial charge in [0.15, 0.2) is 6.10 Å². The first-order valence-electron chi connectivity index (χ1n) is 10.8. The number of carbonyl (C=O) groups is 1. The van der Waals surface area contributed by atoms with Gasteiger partial charge in [0, 0.05) is 23.5 Å². The summed E-state index contributed by atoms with van der Waals surface area (Å²) < 4.78 is 95.3. The molecular weight excluding hydrogens is 510 g/mol. The van der Waals surface area contributed by atoms with E-state index in [-0.39, 0.29) is 30.3 Å². The van der Waals surface area contributed by atoms with Crippen LogP contribution in [0.1, 0.15) is 25.1 Å². The van der Waals surface area contributed by atoms with E-state index in [1.54, 1.807) is 35.9 Å². The molecule has 0 saturated carbocycles. The second kappa shape index (κ2) is 9.75. The van der Waals surface area contributed by atoms with Gasteiger partial charge in [-0.25, -0.2) is 4.98 Å². The number of aromatic nitrogens is 4. The Balaban J connectivity index is 1.61. The Hall–Kier alpha value is -4.10. The van der Waals surface area contributed by atoms with E-state index in [2.05, 4.69) is 19.9 Å². The van der Waals surface area contributed by atoms with E-state index in [1.807, 2.05) is 0 Å². The summed E-state index contributed by atoms with van der Waals surface area (Å²) in [5.74, 6) is -1.67. The lowest BCUT2D eigenvalue weighted by atomic mass is 10.1. The smallest absolute Gasteiger partial charge is 0.425 e. The number of nitrogens with zero attached hydrogens (tertiary/aromatic N) is 4. The molecule has 0 bridgehead atoms. The van der Waals surface area contributed by atoms with E-state index in [1.165, 1.54) is 0 Å². The van der Waals surface area contributed by atoms with Crippen LogP contribution in [-0.4, -0.2) is 44.4 Å². The molecule has 0 aliphatic carbocycles. The van der Waals surface area contributed by atoms with Crippen LogP contribution in [0, 0.1) is 0 Å². The molecule has 14 heteroatoms. The third-order valence-corrected chi connectivity index (χ3v) is 5.12. The number of esters is 1. The largest absolute Gasteiger partial charge is 0.481 e. The van der Waals surface area contributed by atoms with Gasteiger partial charge in [-0.1, -0.05) is 5.16 Å². The van der Waals surface area contributed by atoms with Crippen LogP contribution in [0.5, 0.6) is 5.75 Å². The maximum absolute atomic E-state index is 13.6. The van der Waals surface area contributed by atoms with Gasteiger partial charge < -0.3 is 18.4 Å². The molecule has 0 spiro atoms. The van der Waals surface area contributed by atoms with E-state index < -0.39 is 35.7 Å². The van der Waals surface area contributed by atoms with Crippen LogP contribution in [0.15, 0.2) is 47.2 Å². The Morgan fingerprint density at radius 1 is 1.08 bits per heavy atom. The predicted octanol–water partition coefficient (Wildman–Crippen LogP) is 5.51. The maximum atomic E-state index is 13.6. The minimum atomic E-state index is -5.01. The van der Waals surface area contributed by atoms with Crippen LogP contribution in [-0.2, 0) is 22.1 Å². The summed E-state index contributed by atoms with van der Waals surface area (Å²) in [7, 11) is 0. The molecule has 0 aliphatic heterocycles. The van der Waals surface area contributed by atoms with Gasteiger partial charge in [0.25, 0.3) is 5.89 Å². The summed E-state index contributed by atoms with van der Waals surface area (Å²) in [6.45, 7) is 2.53. The number of rotatable bonds is 7. The van der Waals surface area contributed by atoms with Crippen LogP contribution >= 0.6 is 0 Å². The number of pyridine rings is 1. The first-order chi connectivity index (χ1) is 17.3. The number of alkyl halides is 6. The molecule has 8 nitrogen and oxygen atoms in total. The molecule has 4 rings (SSSR count). The summed E-state index contributed by atoms with van der Waals surface area (Å²) in [5, 5.41) is 3.79. The Labute approximate surface area is 204 Å². The Bertz CT molecular complexity index is 1430. The van der Waals surface area contributed by atoms with Crippen LogP contribution < -0.4 is 4.74 Å². The van der Waals surface area contributed by atoms with Gasteiger partial charge >= 0.3 is 18.3 Å². The van der Waals surface area contributed by atoms with Crippen LogP contribution in [0.2, 0.25) is 0 Å². The van der Waals surface area contributed by atoms with Crippen molar-refractivity contribution in [3.8, 4) is 28.6 Å². The SMILES string of the molecule is CCOC(=O)Cc1cn2ccc(-c3noc(-c4ccc(OC(C)C(F)(F)F)c(C(F)(F)F)c4)n3)cc2n1. The number of imidazole rings is 1. The zero-order chi connectivity index (χ0) is 27.0. The second-order valence-electron chi connectivity index (χ2n) is 7.83. The molecule has 196 valence electrons. The van der Waals surface area contributed by atoms with E-state index in [0.717, 1.165) is 12.1 Å². The van der Waals surface area contributed by atoms with Crippen LogP contribution in [0.3, 0.4) is 0 Å². The van der Waals surface area contributed by atoms with E-state index in [9.17, 15) is 31.1 Å². The minimum Gasteiger partial charge on any atom is -0.481 e. The van der Waals surface area contributed by atoms with Crippen molar-refractivity contribution in [1.82, 2.24) is 19.5 Å².